The van der Waals surface area contributed by atoms with Gasteiger partial charge in [0.25, 0.3) is 5.56 Å². The molecule has 2 aromatic rings. The van der Waals surface area contributed by atoms with E-state index in [9.17, 15) is 37.5 Å². The highest BCUT2D eigenvalue weighted by atomic mass is 19.4. The highest BCUT2D eigenvalue weighted by Crippen LogP contribution is 2.27. The second kappa shape index (κ2) is 8.89. The number of aromatic nitrogens is 2. The Labute approximate surface area is 180 Å². The highest BCUT2D eigenvalue weighted by molar-refractivity contribution is 5.79. The molecule has 0 radical (unpaired) electrons. The number of aliphatic carboxylic acids is 1. The average Bonchev–Trinajstić information content (AvgIpc) is 2.63. The molecule has 0 saturated heterocycles. The number of hydrogen-bond acceptors (Lipinski definition) is 6. The van der Waals surface area contributed by atoms with Crippen LogP contribution in [0.15, 0.2) is 39.9 Å². The molecule has 1 heterocycles. The van der Waals surface area contributed by atoms with Crippen LogP contribution in [-0.2, 0) is 29.2 Å². The van der Waals surface area contributed by atoms with Gasteiger partial charge in [-0.05, 0) is 44.9 Å². The smallest absolute Gasteiger partial charge is 0.431 e. The molecule has 0 bridgehead atoms. The van der Waals surface area contributed by atoms with Crippen molar-refractivity contribution in [3.05, 3.63) is 62.4 Å². The van der Waals surface area contributed by atoms with Gasteiger partial charge in [-0.2, -0.15) is 13.2 Å². The summed E-state index contributed by atoms with van der Waals surface area (Å²) in [4.78, 5) is 47.7. The Hall–Kier alpha value is -3.57. The lowest BCUT2D eigenvalue weighted by atomic mass is 10.1. The number of carboxylic acids is 1. The Balaban J connectivity index is 2.29. The molecule has 174 valence electrons. The Bertz CT molecular complexity index is 1130. The fraction of sp³-hybridized carbons (Fsp3) is 0.400. The second-order valence-corrected chi connectivity index (χ2v) is 7.93. The largest absolute Gasteiger partial charge is 0.548 e. The van der Waals surface area contributed by atoms with Crippen LogP contribution in [-0.4, -0.2) is 32.8 Å². The first-order chi connectivity index (χ1) is 14.6. The van der Waals surface area contributed by atoms with Crippen molar-refractivity contribution < 1.29 is 32.6 Å². The minimum Gasteiger partial charge on any atom is -0.548 e. The summed E-state index contributed by atoms with van der Waals surface area (Å²) < 4.78 is 44.8. The quantitative estimate of drug-likeness (QED) is 0.708. The summed E-state index contributed by atoms with van der Waals surface area (Å²) >= 11 is 0. The first kappa shape index (κ1) is 24.7. The minimum absolute atomic E-state index is 0.0156. The SMILES string of the molecule is Cn1c(C(F)(F)F)cc(=O)n(-c2ccc(C[C@H](NC(=O)OC(C)(C)C)C(=O)[O-])cc2)c1=O. The van der Waals surface area contributed by atoms with Crippen molar-refractivity contribution in [2.45, 2.75) is 45.0 Å². The molecular weight excluding hydrogens is 435 g/mol. The van der Waals surface area contributed by atoms with Crippen molar-refractivity contribution in [2.24, 2.45) is 7.05 Å². The van der Waals surface area contributed by atoms with E-state index in [1.807, 2.05) is 0 Å². The number of rotatable bonds is 5. The Morgan fingerprint density at radius 3 is 2.16 bits per heavy atom. The number of benzene rings is 1. The number of carboxylic acid groups (broad SMARTS) is 1. The van der Waals surface area contributed by atoms with Crippen LogP contribution in [0.3, 0.4) is 0 Å². The summed E-state index contributed by atoms with van der Waals surface area (Å²) in [6, 6.07) is 4.15. The van der Waals surface area contributed by atoms with Crippen molar-refractivity contribution in [1.29, 1.82) is 0 Å². The third kappa shape index (κ3) is 5.99. The zero-order valence-corrected chi connectivity index (χ0v) is 17.6. The second-order valence-electron chi connectivity index (χ2n) is 7.93. The van der Waals surface area contributed by atoms with Gasteiger partial charge in [-0.25, -0.2) is 14.2 Å². The van der Waals surface area contributed by atoms with Crippen molar-refractivity contribution in [3.63, 3.8) is 0 Å². The van der Waals surface area contributed by atoms with E-state index in [2.05, 4.69) is 5.32 Å². The zero-order chi connectivity index (χ0) is 24.4. The normalized spacial score (nSPS) is 12.8. The van der Waals surface area contributed by atoms with E-state index in [0.29, 0.717) is 20.8 Å². The maximum absolute atomic E-state index is 13.0. The molecule has 1 atom stereocenters. The van der Waals surface area contributed by atoms with Crippen LogP contribution in [0, 0.1) is 0 Å². The fourth-order valence-corrected chi connectivity index (χ4v) is 2.80. The average molecular weight is 456 g/mol. The third-order valence-electron chi connectivity index (χ3n) is 4.22. The molecular formula is C20H21F3N3O6-. The number of ether oxygens (including phenoxy) is 1. The van der Waals surface area contributed by atoms with Gasteiger partial charge < -0.3 is 20.0 Å². The summed E-state index contributed by atoms with van der Waals surface area (Å²) in [6.45, 7) is 4.81. The number of alkyl carbamates (subject to hydrolysis) is 1. The number of carbonyl (C=O) groups is 2. The van der Waals surface area contributed by atoms with Gasteiger partial charge in [0.1, 0.15) is 11.3 Å². The van der Waals surface area contributed by atoms with E-state index in [0.717, 1.165) is 7.05 Å². The lowest BCUT2D eigenvalue weighted by Crippen LogP contribution is -2.50. The summed E-state index contributed by atoms with van der Waals surface area (Å²) in [5.74, 6) is -1.56. The van der Waals surface area contributed by atoms with Gasteiger partial charge in [0.05, 0.1) is 17.7 Å². The number of alkyl halides is 3. The van der Waals surface area contributed by atoms with Crippen LogP contribution in [0.25, 0.3) is 5.69 Å². The Kier molecular flexibility index (Phi) is 6.86. The Morgan fingerprint density at radius 2 is 1.69 bits per heavy atom. The minimum atomic E-state index is -4.88. The van der Waals surface area contributed by atoms with E-state index < -0.39 is 46.8 Å². The van der Waals surface area contributed by atoms with Crippen LogP contribution >= 0.6 is 0 Å². The van der Waals surface area contributed by atoms with Crippen LogP contribution in [0.4, 0.5) is 18.0 Å². The molecule has 0 aliphatic rings. The topological polar surface area (TPSA) is 122 Å². The first-order valence-electron chi connectivity index (χ1n) is 9.30. The summed E-state index contributed by atoms with van der Waals surface area (Å²) in [6.07, 6.45) is -6.04. The van der Waals surface area contributed by atoms with E-state index in [-0.39, 0.29) is 12.1 Å². The van der Waals surface area contributed by atoms with Gasteiger partial charge in [-0.1, -0.05) is 12.1 Å². The van der Waals surface area contributed by atoms with E-state index in [1.165, 1.54) is 24.3 Å². The molecule has 0 unspecified atom stereocenters. The van der Waals surface area contributed by atoms with Crippen molar-refractivity contribution in [1.82, 2.24) is 14.5 Å². The maximum atomic E-state index is 13.0. The lowest BCUT2D eigenvalue weighted by molar-refractivity contribution is -0.308. The number of hydrogen-bond donors (Lipinski definition) is 1. The summed E-state index contributed by atoms with van der Waals surface area (Å²) in [5.41, 5.74) is -4.23. The predicted molar refractivity (Wildman–Crippen MR) is 104 cm³/mol. The molecule has 0 saturated carbocycles. The maximum Gasteiger partial charge on any atom is 0.431 e. The predicted octanol–water partition coefficient (Wildman–Crippen LogP) is 0.741. The number of halogens is 3. The highest BCUT2D eigenvalue weighted by Gasteiger charge is 2.35. The zero-order valence-electron chi connectivity index (χ0n) is 17.6. The van der Waals surface area contributed by atoms with Crippen LogP contribution in [0.2, 0.25) is 0 Å². The van der Waals surface area contributed by atoms with Crippen LogP contribution < -0.4 is 21.7 Å². The molecule has 1 aromatic carbocycles. The standard InChI is InChI=1S/C20H22F3N3O6/c1-19(2,3)32-17(30)24-13(16(28)29)9-11-5-7-12(8-6-11)26-15(27)10-14(20(21,22)23)25(4)18(26)31/h5-8,10,13H,9H2,1-4H3,(H,24,30)(H,28,29)/p-1/t13-/m0/s1. The van der Waals surface area contributed by atoms with Crippen molar-refractivity contribution in [3.8, 4) is 5.69 Å². The molecule has 1 aromatic heterocycles. The fourth-order valence-electron chi connectivity index (χ4n) is 2.80. The summed E-state index contributed by atoms with van der Waals surface area (Å²) in [5, 5.41) is 13.5. The van der Waals surface area contributed by atoms with E-state index in [4.69, 9.17) is 4.74 Å². The monoisotopic (exact) mass is 456 g/mol. The number of nitrogens with one attached hydrogen (secondary N) is 1. The molecule has 12 heteroatoms. The lowest BCUT2D eigenvalue weighted by Gasteiger charge is -2.24. The van der Waals surface area contributed by atoms with E-state index >= 15 is 0 Å². The molecule has 2 rings (SSSR count). The molecule has 1 amide bonds. The van der Waals surface area contributed by atoms with Crippen molar-refractivity contribution in [2.75, 3.05) is 0 Å². The molecule has 0 aliphatic carbocycles. The van der Waals surface area contributed by atoms with E-state index in [1.54, 1.807) is 20.8 Å². The van der Waals surface area contributed by atoms with Gasteiger partial charge in [0.2, 0.25) is 0 Å². The van der Waals surface area contributed by atoms with Gasteiger partial charge in [0, 0.05) is 13.1 Å². The third-order valence-corrected chi connectivity index (χ3v) is 4.22. The van der Waals surface area contributed by atoms with Gasteiger partial charge in [0.15, 0.2) is 0 Å². The van der Waals surface area contributed by atoms with Gasteiger partial charge >= 0.3 is 18.0 Å². The van der Waals surface area contributed by atoms with Crippen LogP contribution in [0.1, 0.15) is 32.0 Å². The molecule has 9 nitrogen and oxygen atoms in total. The molecule has 0 fully saturated rings. The van der Waals surface area contributed by atoms with Gasteiger partial charge in [-0.3, -0.25) is 9.36 Å². The number of nitrogens with zero attached hydrogens (tertiary/aromatic N) is 2. The van der Waals surface area contributed by atoms with Gasteiger partial charge in [-0.15, -0.1) is 0 Å². The molecule has 0 aliphatic heterocycles. The molecule has 32 heavy (non-hydrogen) atoms. The number of carbonyl (C=O) groups excluding carboxylic acids is 2. The number of amides is 1. The van der Waals surface area contributed by atoms with Crippen molar-refractivity contribution >= 4 is 12.1 Å². The molecule has 1 N–H and O–H groups in total. The molecule has 0 spiro atoms. The Morgan fingerprint density at radius 1 is 1.12 bits per heavy atom. The summed E-state index contributed by atoms with van der Waals surface area (Å²) in [7, 11) is 0.891. The van der Waals surface area contributed by atoms with Crippen LogP contribution in [0.5, 0.6) is 0 Å². The first-order valence-corrected chi connectivity index (χ1v) is 9.30.